The minimum absolute atomic E-state index is 0.0825. The Morgan fingerprint density at radius 1 is 0.886 bits per heavy atom. The number of hydrogen-bond acceptors (Lipinski definition) is 6. The van der Waals surface area contributed by atoms with Gasteiger partial charge in [0.05, 0.1) is 22.6 Å². The summed E-state index contributed by atoms with van der Waals surface area (Å²) in [6.07, 6.45) is 9.76. The van der Waals surface area contributed by atoms with Crippen LogP contribution in [0.15, 0.2) is 90.4 Å². The fourth-order valence-electron chi connectivity index (χ4n) is 4.49. The first kappa shape index (κ1) is 21.1. The van der Waals surface area contributed by atoms with Crippen molar-refractivity contribution in [2.24, 2.45) is 0 Å². The predicted molar refractivity (Wildman–Crippen MR) is 133 cm³/mol. The Hall–Kier alpha value is -4.43. The molecule has 0 radical (unpaired) electrons. The van der Waals surface area contributed by atoms with Crippen molar-refractivity contribution in [3.8, 4) is 28.3 Å². The van der Waals surface area contributed by atoms with Crippen molar-refractivity contribution >= 4 is 0 Å². The molecule has 1 N–H and O–H groups in total. The smallest absolute Gasteiger partial charge is 0.255 e. The maximum atomic E-state index is 13.0. The van der Waals surface area contributed by atoms with Crippen molar-refractivity contribution in [1.82, 2.24) is 34.6 Å². The highest BCUT2D eigenvalue weighted by molar-refractivity contribution is 5.62. The number of aromatic amines is 1. The first-order valence-electron chi connectivity index (χ1n) is 11.5. The number of hydrogen-bond donors (Lipinski definition) is 1. The molecule has 0 saturated heterocycles. The second kappa shape index (κ2) is 9.08. The summed E-state index contributed by atoms with van der Waals surface area (Å²) < 4.78 is 1.92. The summed E-state index contributed by atoms with van der Waals surface area (Å²) in [5.74, 6) is 0.591. The first-order chi connectivity index (χ1) is 17.2. The highest BCUT2D eigenvalue weighted by Crippen LogP contribution is 2.26. The van der Waals surface area contributed by atoms with E-state index >= 15 is 0 Å². The lowest BCUT2D eigenvalue weighted by Gasteiger charge is -2.27. The number of H-pyrrole nitrogens is 1. The maximum absolute atomic E-state index is 13.0. The van der Waals surface area contributed by atoms with Crippen LogP contribution in [0.2, 0.25) is 0 Å². The number of rotatable bonds is 5. The third-order valence-electron chi connectivity index (χ3n) is 6.26. The van der Waals surface area contributed by atoms with Crippen molar-refractivity contribution in [1.29, 1.82) is 0 Å². The van der Waals surface area contributed by atoms with E-state index in [4.69, 9.17) is 10.1 Å². The monoisotopic (exact) mass is 461 g/mol. The summed E-state index contributed by atoms with van der Waals surface area (Å²) in [5, 5.41) is 4.90. The minimum Gasteiger partial charge on any atom is -0.306 e. The average molecular weight is 462 g/mol. The van der Waals surface area contributed by atoms with E-state index in [2.05, 4.69) is 26.0 Å². The normalized spacial score (nSPS) is 13.5. The standard InChI is InChI=1S/C27H23N7O/c35-27-23-18-33(15-10-24(23)30-26(31-27)20-8-13-29-14-9-20)16-21-17-34(22-4-2-1-3-5-22)32-25(21)19-6-11-28-12-7-19/h1-9,11-14,17H,10,15-16,18H2,(H,30,31,35). The van der Waals surface area contributed by atoms with Crippen molar-refractivity contribution in [2.45, 2.75) is 19.5 Å². The molecule has 172 valence electrons. The molecular formula is C27H23N7O. The van der Waals surface area contributed by atoms with Crippen LogP contribution in [-0.4, -0.2) is 41.2 Å². The molecule has 0 amide bonds. The van der Waals surface area contributed by atoms with E-state index in [0.717, 1.165) is 52.3 Å². The molecule has 5 heterocycles. The number of pyridine rings is 2. The van der Waals surface area contributed by atoms with E-state index < -0.39 is 0 Å². The molecule has 4 aromatic heterocycles. The molecule has 0 unspecified atom stereocenters. The van der Waals surface area contributed by atoms with E-state index in [-0.39, 0.29) is 5.56 Å². The predicted octanol–water partition coefficient (Wildman–Crippen LogP) is 3.64. The molecule has 0 bridgehead atoms. The van der Waals surface area contributed by atoms with Gasteiger partial charge >= 0.3 is 0 Å². The zero-order valence-electron chi connectivity index (χ0n) is 19.0. The van der Waals surface area contributed by atoms with Crippen LogP contribution in [0.3, 0.4) is 0 Å². The van der Waals surface area contributed by atoms with E-state index in [1.165, 1.54) is 0 Å². The fourth-order valence-corrected chi connectivity index (χ4v) is 4.49. The van der Waals surface area contributed by atoms with Gasteiger partial charge in [-0.05, 0) is 36.4 Å². The van der Waals surface area contributed by atoms with Crippen LogP contribution in [0.1, 0.15) is 16.8 Å². The van der Waals surface area contributed by atoms with E-state index in [1.807, 2.05) is 59.3 Å². The van der Waals surface area contributed by atoms with E-state index in [1.54, 1.807) is 24.8 Å². The van der Waals surface area contributed by atoms with Gasteiger partial charge in [-0.3, -0.25) is 19.7 Å². The van der Waals surface area contributed by atoms with Gasteiger partial charge in [0, 0.05) is 73.7 Å². The minimum atomic E-state index is -0.0825. The van der Waals surface area contributed by atoms with Crippen molar-refractivity contribution in [2.75, 3.05) is 6.54 Å². The van der Waals surface area contributed by atoms with Crippen LogP contribution in [-0.2, 0) is 19.5 Å². The Bertz CT molecular complexity index is 1510. The zero-order chi connectivity index (χ0) is 23.6. The summed E-state index contributed by atoms with van der Waals surface area (Å²) in [6, 6.07) is 17.7. The van der Waals surface area contributed by atoms with Crippen molar-refractivity contribution in [3.05, 3.63) is 113 Å². The highest BCUT2D eigenvalue weighted by Gasteiger charge is 2.23. The number of para-hydroxylation sites is 1. The number of fused-ring (bicyclic) bond motifs is 1. The van der Waals surface area contributed by atoms with Crippen LogP contribution >= 0.6 is 0 Å². The molecule has 35 heavy (non-hydrogen) atoms. The van der Waals surface area contributed by atoms with Gasteiger partial charge in [0.2, 0.25) is 0 Å². The summed E-state index contributed by atoms with van der Waals surface area (Å²) in [4.78, 5) is 31.2. The zero-order valence-corrected chi connectivity index (χ0v) is 19.0. The Kier molecular flexibility index (Phi) is 5.48. The Morgan fingerprint density at radius 3 is 2.34 bits per heavy atom. The lowest BCUT2D eigenvalue weighted by Crippen LogP contribution is -2.35. The summed E-state index contributed by atoms with van der Waals surface area (Å²) in [6.45, 7) is 2.03. The first-order valence-corrected chi connectivity index (χ1v) is 11.5. The van der Waals surface area contributed by atoms with Crippen LogP contribution in [0, 0.1) is 0 Å². The average Bonchev–Trinajstić information content (AvgIpc) is 3.34. The molecular weight excluding hydrogens is 438 g/mol. The van der Waals surface area contributed by atoms with Gasteiger partial charge in [-0.15, -0.1) is 0 Å². The van der Waals surface area contributed by atoms with Crippen LogP contribution in [0.5, 0.6) is 0 Å². The third-order valence-corrected chi connectivity index (χ3v) is 6.26. The summed E-state index contributed by atoms with van der Waals surface area (Å²) in [7, 11) is 0. The molecule has 0 fully saturated rings. The van der Waals surface area contributed by atoms with E-state index in [0.29, 0.717) is 18.9 Å². The second-order valence-electron chi connectivity index (χ2n) is 8.56. The molecule has 8 heteroatoms. The molecule has 0 aliphatic carbocycles. The van der Waals surface area contributed by atoms with Crippen LogP contribution in [0.4, 0.5) is 0 Å². The Labute approximate surface area is 202 Å². The van der Waals surface area contributed by atoms with Crippen LogP contribution < -0.4 is 5.56 Å². The molecule has 0 saturated carbocycles. The number of nitrogens with zero attached hydrogens (tertiary/aromatic N) is 6. The molecule has 0 atom stereocenters. The van der Waals surface area contributed by atoms with Gasteiger partial charge in [0.15, 0.2) is 0 Å². The Balaban J connectivity index is 1.31. The number of nitrogens with one attached hydrogen (secondary N) is 1. The van der Waals surface area contributed by atoms with Gasteiger partial charge in [0.1, 0.15) is 5.82 Å². The maximum Gasteiger partial charge on any atom is 0.255 e. The molecule has 1 aliphatic rings. The van der Waals surface area contributed by atoms with Gasteiger partial charge in [-0.2, -0.15) is 5.10 Å². The molecule has 1 aliphatic heterocycles. The highest BCUT2D eigenvalue weighted by atomic mass is 16.1. The van der Waals surface area contributed by atoms with Gasteiger partial charge in [-0.25, -0.2) is 9.67 Å². The third kappa shape index (κ3) is 4.27. The molecule has 8 nitrogen and oxygen atoms in total. The Morgan fingerprint density at radius 2 is 1.60 bits per heavy atom. The lowest BCUT2D eigenvalue weighted by molar-refractivity contribution is 0.242. The van der Waals surface area contributed by atoms with Gasteiger partial charge in [0.25, 0.3) is 5.56 Å². The van der Waals surface area contributed by atoms with E-state index in [9.17, 15) is 4.79 Å². The summed E-state index contributed by atoms with van der Waals surface area (Å²) >= 11 is 0. The van der Waals surface area contributed by atoms with Gasteiger partial charge < -0.3 is 4.98 Å². The lowest BCUT2D eigenvalue weighted by atomic mass is 10.0. The summed E-state index contributed by atoms with van der Waals surface area (Å²) in [5.41, 5.74) is 6.41. The number of benzene rings is 1. The van der Waals surface area contributed by atoms with Gasteiger partial charge in [-0.1, -0.05) is 18.2 Å². The topological polar surface area (TPSA) is 92.6 Å². The fraction of sp³-hybridized carbons (Fsp3) is 0.148. The number of aromatic nitrogens is 6. The molecule has 0 spiro atoms. The molecule has 5 aromatic rings. The van der Waals surface area contributed by atoms with Crippen molar-refractivity contribution < 1.29 is 0 Å². The van der Waals surface area contributed by atoms with Crippen LogP contribution in [0.25, 0.3) is 28.3 Å². The molecule has 1 aromatic carbocycles. The molecule has 6 rings (SSSR count). The largest absolute Gasteiger partial charge is 0.306 e. The second-order valence-corrected chi connectivity index (χ2v) is 8.56. The quantitative estimate of drug-likeness (QED) is 0.430. The van der Waals surface area contributed by atoms with Crippen molar-refractivity contribution in [3.63, 3.8) is 0 Å². The SMILES string of the molecule is O=c1[nH]c(-c2ccncc2)nc2c1CN(Cc1cn(-c3ccccc3)nc1-c1ccncc1)CC2.